The lowest BCUT2D eigenvalue weighted by Gasteiger charge is -2.35. The van der Waals surface area contributed by atoms with Gasteiger partial charge in [0.25, 0.3) is 0 Å². The van der Waals surface area contributed by atoms with E-state index in [1.807, 2.05) is 0 Å². The molecule has 0 N–H and O–H groups in total. The van der Waals surface area contributed by atoms with Gasteiger partial charge in [-0.25, -0.2) is 0 Å². The van der Waals surface area contributed by atoms with Gasteiger partial charge in [-0.2, -0.15) is 0 Å². The molecule has 1 fully saturated rings. The van der Waals surface area contributed by atoms with Gasteiger partial charge in [-0.3, -0.25) is 0 Å². The standard InChI is InChI=1S/C13H30O2Si2/c1-16(2,3)14-12-10-8-7-9-11-13(12)15-17(4,5)6/h12-13H,7-11H2,1-6H3. The van der Waals surface area contributed by atoms with E-state index in [4.69, 9.17) is 8.85 Å². The molecule has 1 saturated carbocycles. The van der Waals surface area contributed by atoms with Crippen molar-refractivity contribution in [2.45, 2.75) is 83.6 Å². The smallest absolute Gasteiger partial charge is 0.184 e. The van der Waals surface area contributed by atoms with Crippen LogP contribution in [-0.2, 0) is 8.85 Å². The molecule has 0 aromatic heterocycles. The van der Waals surface area contributed by atoms with Crippen molar-refractivity contribution in [2.24, 2.45) is 0 Å². The Morgan fingerprint density at radius 2 is 1.00 bits per heavy atom. The van der Waals surface area contributed by atoms with Gasteiger partial charge in [0, 0.05) is 0 Å². The van der Waals surface area contributed by atoms with E-state index in [1.165, 1.54) is 32.1 Å². The lowest BCUT2D eigenvalue weighted by Crippen LogP contribution is -2.44. The van der Waals surface area contributed by atoms with Crippen LogP contribution in [0.4, 0.5) is 0 Å². The third-order valence-electron chi connectivity index (χ3n) is 2.90. The summed E-state index contributed by atoms with van der Waals surface area (Å²) in [5.41, 5.74) is 0. The van der Waals surface area contributed by atoms with Crippen molar-refractivity contribution in [1.82, 2.24) is 0 Å². The van der Waals surface area contributed by atoms with E-state index in [0.717, 1.165) is 0 Å². The van der Waals surface area contributed by atoms with Crippen molar-refractivity contribution in [2.75, 3.05) is 0 Å². The van der Waals surface area contributed by atoms with E-state index >= 15 is 0 Å². The summed E-state index contributed by atoms with van der Waals surface area (Å²) >= 11 is 0. The third kappa shape index (κ3) is 6.74. The Hall–Kier alpha value is 0.354. The van der Waals surface area contributed by atoms with E-state index in [0.29, 0.717) is 12.2 Å². The first-order valence-corrected chi connectivity index (χ1v) is 13.8. The van der Waals surface area contributed by atoms with Crippen molar-refractivity contribution >= 4 is 16.6 Å². The van der Waals surface area contributed by atoms with Crippen molar-refractivity contribution in [3.05, 3.63) is 0 Å². The highest BCUT2D eigenvalue weighted by Crippen LogP contribution is 2.27. The van der Waals surface area contributed by atoms with E-state index in [-0.39, 0.29) is 0 Å². The Labute approximate surface area is 109 Å². The number of hydrogen-bond acceptors (Lipinski definition) is 2. The Kier molecular flexibility index (Phi) is 5.44. The minimum atomic E-state index is -1.45. The van der Waals surface area contributed by atoms with Gasteiger partial charge >= 0.3 is 0 Å². The van der Waals surface area contributed by atoms with Crippen molar-refractivity contribution < 1.29 is 8.85 Å². The van der Waals surface area contributed by atoms with Crippen molar-refractivity contribution in [3.8, 4) is 0 Å². The monoisotopic (exact) mass is 274 g/mol. The minimum absolute atomic E-state index is 0.357. The van der Waals surface area contributed by atoms with Crippen molar-refractivity contribution in [1.29, 1.82) is 0 Å². The molecule has 0 heterocycles. The fraction of sp³-hybridized carbons (Fsp3) is 1.00. The molecule has 4 heteroatoms. The second-order valence-electron chi connectivity index (χ2n) is 7.18. The highest BCUT2D eigenvalue weighted by atomic mass is 28.4. The Balaban J connectivity index is 2.66. The molecule has 1 aliphatic carbocycles. The minimum Gasteiger partial charge on any atom is -0.412 e. The highest BCUT2D eigenvalue weighted by molar-refractivity contribution is 6.70. The molecular weight excluding hydrogens is 244 g/mol. The van der Waals surface area contributed by atoms with Gasteiger partial charge in [-0.1, -0.05) is 19.3 Å². The molecule has 2 atom stereocenters. The van der Waals surface area contributed by atoms with E-state index in [2.05, 4.69) is 39.3 Å². The molecule has 0 saturated heterocycles. The predicted octanol–water partition coefficient (Wildman–Crippen LogP) is 4.39. The number of hydrogen-bond donors (Lipinski definition) is 0. The topological polar surface area (TPSA) is 18.5 Å². The van der Waals surface area contributed by atoms with Crippen LogP contribution in [0.15, 0.2) is 0 Å². The molecule has 0 radical (unpaired) electrons. The first-order chi connectivity index (χ1) is 7.67. The Morgan fingerprint density at radius 3 is 1.29 bits per heavy atom. The van der Waals surface area contributed by atoms with Crippen molar-refractivity contribution in [3.63, 3.8) is 0 Å². The van der Waals surface area contributed by atoms with Crippen LogP contribution >= 0.6 is 0 Å². The maximum Gasteiger partial charge on any atom is 0.184 e. The Morgan fingerprint density at radius 1 is 0.647 bits per heavy atom. The van der Waals surface area contributed by atoms with Gasteiger partial charge in [-0.15, -0.1) is 0 Å². The van der Waals surface area contributed by atoms with Gasteiger partial charge < -0.3 is 8.85 Å². The third-order valence-corrected chi connectivity index (χ3v) is 4.92. The van der Waals surface area contributed by atoms with Crippen LogP contribution in [0.2, 0.25) is 39.3 Å². The summed E-state index contributed by atoms with van der Waals surface area (Å²) in [6.45, 7) is 13.7. The molecule has 17 heavy (non-hydrogen) atoms. The van der Waals surface area contributed by atoms with Crippen LogP contribution in [0.3, 0.4) is 0 Å². The van der Waals surface area contributed by atoms with E-state index in [9.17, 15) is 0 Å². The first kappa shape index (κ1) is 15.4. The molecular formula is C13H30O2Si2. The normalized spacial score (nSPS) is 27.9. The summed E-state index contributed by atoms with van der Waals surface area (Å²) in [4.78, 5) is 0. The molecule has 0 aromatic carbocycles. The zero-order valence-corrected chi connectivity index (χ0v) is 14.5. The van der Waals surface area contributed by atoms with Crippen LogP contribution < -0.4 is 0 Å². The average Bonchev–Trinajstić information content (AvgIpc) is 2.27. The second-order valence-corrected chi connectivity index (χ2v) is 16.1. The van der Waals surface area contributed by atoms with Crippen LogP contribution in [0.5, 0.6) is 0 Å². The summed E-state index contributed by atoms with van der Waals surface area (Å²) in [6.07, 6.45) is 7.06. The van der Waals surface area contributed by atoms with E-state index in [1.54, 1.807) is 0 Å². The summed E-state index contributed by atoms with van der Waals surface area (Å²) in [5.74, 6) is 0. The van der Waals surface area contributed by atoms with Crippen LogP contribution in [-0.4, -0.2) is 28.8 Å². The van der Waals surface area contributed by atoms with Crippen LogP contribution in [0, 0.1) is 0 Å². The fourth-order valence-corrected chi connectivity index (χ4v) is 4.77. The zero-order chi connectivity index (χ0) is 13.1. The molecule has 0 aromatic rings. The molecule has 2 unspecified atom stereocenters. The molecule has 0 amide bonds. The predicted molar refractivity (Wildman–Crippen MR) is 79.5 cm³/mol. The maximum absolute atomic E-state index is 6.35. The van der Waals surface area contributed by atoms with E-state index < -0.39 is 16.6 Å². The fourth-order valence-electron chi connectivity index (χ4n) is 2.42. The molecule has 1 aliphatic rings. The summed E-state index contributed by atoms with van der Waals surface area (Å²) in [5, 5.41) is 0. The second kappa shape index (κ2) is 6.00. The molecule has 102 valence electrons. The first-order valence-electron chi connectivity index (χ1n) is 7.03. The maximum atomic E-state index is 6.35. The van der Waals surface area contributed by atoms with Crippen LogP contribution in [0.1, 0.15) is 32.1 Å². The van der Waals surface area contributed by atoms with Gasteiger partial charge in [0.05, 0.1) is 12.2 Å². The average molecular weight is 275 g/mol. The number of rotatable bonds is 4. The Bertz CT molecular complexity index is 207. The van der Waals surface area contributed by atoms with Gasteiger partial charge in [0.1, 0.15) is 0 Å². The van der Waals surface area contributed by atoms with Gasteiger partial charge in [-0.05, 0) is 52.1 Å². The van der Waals surface area contributed by atoms with Crippen LogP contribution in [0.25, 0.3) is 0 Å². The summed E-state index contributed by atoms with van der Waals surface area (Å²) in [6, 6.07) is 0. The molecule has 1 rings (SSSR count). The van der Waals surface area contributed by atoms with Gasteiger partial charge in [0.15, 0.2) is 16.6 Å². The molecule has 2 nitrogen and oxygen atoms in total. The zero-order valence-electron chi connectivity index (χ0n) is 12.5. The molecule has 0 spiro atoms. The lowest BCUT2D eigenvalue weighted by molar-refractivity contribution is 0.0393. The molecule has 0 bridgehead atoms. The van der Waals surface area contributed by atoms with Gasteiger partial charge in [0.2, 0.25) is 0 Å². The molecule has 0 aliphatic heterocycles. The summed E-state index contributed by atoms with van der Waals surface area (Å²) in [7, 11) is -2.90. The quantitative estimate of drug-likeness (QED) is 0.559. The summed E-state index contributed by atoms with van der Waals surface area (Å²) < 4.78 is 12.7. The SMILES string of the molecule is C[Si](C)(C)OC1CCCCCC1O[Si](C)(C)C. The largest absolute Gasteiger partial charge is 0.412 e. The lowest BCUT2D eigenvalue weighted by atomic mass is 10.1. The highest BCUT2D eigenvalue weighted by Gasteiger charge is 2.32.